The first-order valence-corrected chi connectivity index (χ1v) is 8.68. The lowest BCUT2D eigenvalue weighted by molar-refractivity contribution is 0.0692. The Morgan fingerprint density at radius 2 is 1.74 bits per heavy atom. The number of hydrogen-bond donors (Lipinski definition) is 2. The molecule has 0 saturated heterocycles. The van der Waals surface area contributed by atoms with Crippen molar-refractivity contribution in [2.45, 2.75) is 0 Å². The number of carboxylic acids is 1. The molecule has 3 rings (SSSR count). The molecule has 138 valence electrons. The Kier molecular flexibility index (Phi) is 5.37. The molecule has 2 N–H and O–H groups in total. The zero-order chi connectivity index (χ0) is 19.4. The van der Waals surface area contributed by atoms with Crippen LogP contribution in [0.1, 0.15) is 20.8 Å². The smallest absolute Gasteiger partial charge is 0.357 e. The highest BCUT2D eigenvalue weighted by atomic mass is 32.1. The Balaban J connectivity index is 1.92. The zero-order valence-electron chi connectivity index (χ0n) is 14.6. The average molecular weight is 384 g/mol. The SMILES string of the molecule is COc1ccc(C(=O)Nc2sc(-c3ccccc3)nc2C(=O)O)cc1OC. The van der Waals surface area contributed by atoms with Crippen molar-refractivity contribution in [2.75, 3.05) is 19.5 Å². The summed E-state index contributed by atoms with van der Waals surface area (Å²) >= 11 is 1.10. The molecule has 0 unspecified atom stereocenters. The summed E-state index contributed by atoms with van der Waals surface area (Å²) in [6.07, 6.45) is 0. The molecule has 0 saturated carbocycles. The first-order chi connectivity index (χ1) is 13.0. The van der Waals surface area contributed by atoms with Crippen molar-refractivity contribution < 1.29 is 24.2 Å². The van der Waals surface area contributed by atoms with E-state index in [0.29, 0.717) is 22.1 Å². The topological polar surface area (TPSA) is 97.8 Å². The third-order valence-corrected chi connectivity index (χ3v) is 4.74. The lowest BCUT2D eigenvalue weighted by atomic mass is 10.2. The maximum Gasteiger partial charge on any atom is 0.357 e. The second kappa shape index (κ2) is 7.88. The van der Waals surface area contributed by atoms with Crippen molar-refractivity contribution >= 4 is 28.2 Å². The van der Waals surface area contributed by atoms with E-state index in [0.717, 1.165) is 16.9 Å². The monoisotopic (exact) mass is 384 g/mol. The van der Waals surface area contributed by atoms with Gasteiger partial charge in [0.05, 0.1) is 14.2 Å². The quantitative estimate of drug-likeness (QED) is 0.671. The number of rotatable bonds is 6. The van der Waals surface area contributed by atoms with Crippen molar-refractivity contribution in [2.24, 2.45) is 0 Å². The van der Waals surface area contributed by atoms with Crippen LogP contribution < -0.4 is 14.8 Å². The normalized spacial score (nSPS) is 10.3. The first-order valence-electron chi connectivity index (χ1n) is 7.86. The molecule has 1 heterocycles. The predicted molar refractivity (Wildman–Crippen MR) is 102 cm³/mol. The van der Waals surface area contributed by atoms with E-state index in [-0.39, 0.29) is 10.7 Å². The molecule has 8 heteroatoms. The van der Waals surface area contributed by atoms with E-state index in [1.807, 2.05) is 30.3 Å². The van der Waals surface area contributed by atoms with Gasteiger partial charge >= 0.3 is 5.97 Å². The summed E-state index contributed by atoms with van der Waals surface area (Å²) < 4.78 is 10.3. The van der Waals surface area contributed by atoms with Gasteiger partial charge in [0.1, 0.15) is 10.0 Å². The van der Waals surface area contributed by atoms with Gasteiger partial charge in [0, 0.05) is 11.1 Å². The number of carboxylic acid groups (broad SMARTS) is 1. The van der Waals surface area contributed by atoms with Crippen LogP contribution in [0.5, 0.6) is 11.5 Å². The van der Waals surface area contributed by atoms with Crippen molar-refractivity contribution in [3.63, 3.8) is 0 Å². The number of anilines is 1. The first kappa shape index (κ1) is 18.4. The maximum absolute atomic E-state index is 12.6. The molecule has 27 heavy (non-hydrogen) atoms. The molecule has 0 atom stereocenters. The number of thiazole rings is 1. The van der Waals surface area contributed by atoms with Crippen LogP contribution >= 0.6 is 11.3 Å². The zero-order valence-corrected chi connectivity index (χ0v) is 15.4. The van der Waals surface area contributed by atoms with Crippen molar-refractivity contribution in [1.82, 2.24) is 4.98 Å². The summed E-state index contributed by atoms with van der Waals surface area (Å²) in [6, 6.07) is 13.9. The molecule has 1 aromatic heterocycles. The van der Waals surface area contributed by atoms with Gasteiger partial charge < -0.3 is 19.9 Å². The summed E-state index contributed by atoms with van der Waals surface area (Å²) in [4.78, 5) is 28.3. The van der Waals surface area contributed by atoms with Gasteiger partial charge in [-0.1, -0.05) is 41.7 Å². The number of aromatic carboxylic acids is 1. The van der Waals surface area contributed by atoms with E-state index in [9.17, 15) is 14.7 Å². The number of aromatic nitrogens is 1. The maximum atomic E-state index is 12.6. The number of amides is 1. The Labute approximate surface area is 159 Å². The summed E-state index contributed by atoms with van der Waals surface area (Å²) in [6.45, 7) is 0. The molecule has 0 fully saturated rings. The number of benzene rings is 2. The third-order valence-electron chi connectivity index (χ3n) is 3.72. The average Bonchev–Trinajstić information content (AvgIpc) is 3.12. The summed E-state index contributed by atoms with van der Waals surface area (Å²) in [5.41, 5.74) is 0.878. The van der Waals surface area contributed by atoms with Crippen molar-refractivity contribution in [3.8, 4) is 22.1 Å². The second-order valence-corrected chi connectivity index (χ2v) is 6.39. The fraction of sp³-hybridized carbons (Fsp3) is 0.105. The van der Waals surface area contributed by atoms with Crippen LogP contribution in [0, 0.1) is 0 Å². The molecule has 1 amide bonds. The van der Waals surface area contributed by atoms with Crippen LogP contribution in [0.3, 0.4) is 0 Å². The second-order valence-electron chi connectivity index (χ2n) is 5.39. The minimum Gasteiger partial charge on any atom is -0.493 e. The fourth-order valence-electron chi connectivity index (χ4n) is 2.41. The van der Waals surface area contributed by atoms with Crippen LogP contribution in [0.25, 0.3) is 10.6 Å². The Morgan fingerprint density at radius 3 is 2.37 bits per heavy atom. The van der Waals surface area contributed by atoms with Crippen LogP contribution in [0.15, 0.2) is 48.5 Å². The summed E-state index contributed by atoms with van der Waals surface area (Å²) in [5, 5.41) is 12.7. The van der Waals surface area contributed by atoms with Crippen LogP contribution in [0.4, 0.5) is 5.00 Å². The van der Waals surface area contributed by atoms with E-state index >= 15 is 0 Å². The number of nitrogens with one attached hydrogen (secondary N) is 1. The van der Waals surface area contributed by atoms with Crippen LogP contribution in [0.2, 0.25) is 0 Å². The van der Waals surface area contributed by atoms with E-state index in [4.69, 9.17) is 9.47 Å². The van der Waals surface area contributed by atoms with E-state index in [1.54, 1.807) is 12.1 Å². The Bertz CT molecular complexity index is 985. The summed E-state index contributed by atoms with van der Waals surface area (Å²) in [7, 11) is 2.97. The fourth-order valence-corrected chi connectivity index (χ4v) is 3.36. The minimum atomic E-state index is -1.21. The highest BCUT2D eigenvalue weighted by molar-refractivity contribution is 7.19. The van der Waals surface area contributed by atoms with Gasteiger partial charge in [-0.3, -0.25) is 4.79 Å². The highest BCUT2D eigenvalue weighted by Gasteiger charge is 2.21. The van der Waals surface area contributed by atoms with Crippen molar-refractivity contribution in [1.29, 1.82) is 0 Å². The molecule has 0 radical (unpaired) electrons. The number of methoxy groups -OCH3 is 2. The van der Waals surface area contributed by atoms with Gasteiger partial charge in [0.25, 0.3) is 5.91 Å². The molecule has 0 aliphatic carbocycles. The number of ether oxygens (including phenoxy) is 2. The van der Waals surface area contributed by atoms with Gasteiger partial charge in [-0.05, 0) is 18.2 Å². The van der Waals surface area contributed by atoms with Crippen LogP contribution in [-0.2, 0) is 0 Å². The molecular weight excluding hydrogens is 368 g/mol. The molecule has 3 aromatic rings. The molecule has 0 spiro atoms. The molecule has 2 aromatic carbocycles. The molecule has 7 nitrogen and oxygen atoms in total. The highest BCUT2D eigenvalue weighted by Crippen LogP contribution is 2.33. The number of hydrogen-bond acceptors (Lipinski definition) is 6. The molecular formula is C19H16N2O5S. The van der Waals surface area contributed by atoms with Gasteiger partial charge in [0.15, 0.2) is 17.2 Å². The number of carbonyl (C=O) groups is 2. The van der Waals surface area contributed by atoms with E-state index < -0.39 is 11.9 Å². The molecule has 0 aliphatic heterocycles. The predicted octanol–water partition coefficient (Wildman–Crippen LogP) is 3.78. The lowest BCUT2D eigenvalue weighted by Gasteiger charge is -2.09. The lowest BCUT2D eigenvalue weighted by Crippen LogP contribution is -2.13. The van der Waals surface area contributed by atoms with E-state index in [2.05, 4.69) is 10.3 Å². The Morgan fingerprint density at radius 1 is 1.04 bits per heavy atom. The van der Waals surface area contributed by atoms with Crippen molar-refractivity contribution in [3.05, 3.63) is 59.8 Å². The minimum absolute atomic E-state index is 0.168. The Hall–Kier alpha value is -3.39. The number of carbonyl (C=O) groups excluding carboxylic acids is 1. The standard InChI is InChI=1S/C19H16N2O5S/c1-25-13-9-8-12(10-14(13)26-2)16(22)21-18-15(19(23)24)20-17(27-18)11-6-4-3-5-7-11/h3-10H,1-2H3,(H,21,22)(H,23,24). The van der Waals surface area contributed by atoms with Gasteiger partial charge in [-0.25, -0.2) is 9.78 Å². The summed E-state index contributed by atoms with van der Waals surface area (Å²) in [5.74, 6) is -0.792. The molecule has 0 aliphatic rings. The molecule has 0 bridgehead atoms. The van der Waals surface area contributed by atoms with Gasteiger partial charge in [-0.2, -0.15) is 0 Å². The van der Waals surface area contributed by atoms with Crippen LogP contribution in [-0.4, -0.2) is 36.2 Å². The van der Waals surface area contributed by atoms with Gasteiger partial charge in [-0.15, -0.1) is 0 Å². The van der Waals surface area contributed by atoms with Gasteiger partial charge in [0.2, 0.25) is 0 Å². The largest absolute Gasteiger partial charge is 0.493 e. The van der Waals surface area contributed by atoms with E-state index in [1.165, 1.54) is 20.3 Å². The third kappa shape index (κ3) is 3.90. The number of nitrogens with zero attached hydrogens (tertiary/aromatic N) is 1.